The van der Waals surface area contributed by atoms with Crippen molar-refractivity contribution < 1.29 is 9.15 Å². The average molecular weight is 364 g/mol. The van der Waals surface area contributed by atoms with Crippen molar-refractivity contribution in [3.05, 3.63) is 93.8 Å². The summed E-state index contributed by atoms with van der Waals surface area (Å²) in [5.41, 5.74) is 1.96. The van der Waals surface area contributed by atoms with E-state index in [4.69, 9.17) is 9.15 Å². The molecule has 0 N–H and O–H groups in total. The van der Waals surface area contributed by atoms with Crippen molar-refractivity contribution in [1.82, 2.24) is 9.78 Å². The van der Waals surface area contributed by atoms with Gasteiger partial charge in [-0.2, -0.15) is 4.68 Å². The Kier molecular flexibility index (Phi) is 4.66. The van der Waals surface area contributed by atoms with E-state index in [1.165, 1.54) is 16.0 Å². The molecule has 0 aliphatic heterocycles. The maximum atomic E-state index is 12.1. The smallest absolute Gasteiger partial charge is 0.437 e. The maximum Gasteiger partial charge on any atom is 0.437 e. The summed E-state index contributed by atoms with van der Waals surface area (Å²) in [7, 11) is 0. The van der Waals surface area contributed by atoms with Crippen molar-refractivity contribution in [3.63, 3.8) is 0 Å². The van der Waals surface area contributed by atoms with Gasteiger partial charge in [-0.1, -0.05) is 54.6 Å². The highest BCUT2D eigenvalue weighted by atomic mass is 32.1. The van der Waals surface area contributed by atoms with Crippen molar-refractivity contribution in [2.24, 2.45) is 0 Å². The molecule has 0 aliphatic carbocycles. The van der Waals surface area contributed by atoms with Crippen LogP contribution in [-0.2, 0) is 13.2 Å². The van der Waals surface area contributed by atoms with Gasteiger partial charge >= 0.3 is 5.76 Å². The summed E-state index contributed by atoms with van der Waals surface area (Å²) < 4.78 is 12.5. The van der Waals surface area contributed by atoms with E-state index >= 15 is 0 Å². The lowest BCUT2D eigenvalue weighted by Gasteiger charge is -2.11. The first-order valence-electron chi connectivity index (χ1n) is 8.16. The van der Waals surface area contributed by atoms with Gasteiger partial charge in [0.1, 0.15) is 12.4 Å². The van der Waals surface area contributed by atoms with Gasteiger partial charge in [0, 0.05) is 5.56 Å². The number of thiophene rings is 1. The molecule has 0 aliphatic rings. The minimum Gasteiger partial charge on any atom is -0.489 e. The standard InChI is InChI=1S/C20H16N2O3S/c23-20-22(21-19(25-20)18-11-6-12-26-18)13-16-9-4-5-10-17(16)24-14-15-7-2-1-3-8-15/h1-12H,13-14H2. The first-order chi connectivity index (χ1) is 12.8. The van der Waals surface area contributed by atoms with Crippen LogP contribution in [0.1, 0.15) is 11.1 Å². The molecule has 2 aromatic heterocycles. The third kappa shape index (κ3) is 3.60. The molecular weight excluding hydrogens is 348 g/mol. The number of hydrogen-bond acceptors (Lipinski definition) is 5. The zero-order valence-corrected chi connectivity index (χ0v) is 14.7. The van der Waals surface area contributed by atoms with Crippen LogP contribution in [0.4, 0.5) is 0 Å². The molecule has 0 saturated carbocycles. The highest BCUT2D eigenvalue weighted by molar-refractivity contribution is 7.13. The SMILES string of the molecule is O=c1oc(-c2cccs2)nn1Cc1ccccc1OCc1ccccc1. The van der Waals surface area contributed by atoms with Gasteiger partial charge < -0.3 is 9.15 Å². The largest absolute Gasteiger partial charge is 0.489 e. The van der Waals surface area contributed by atoms with Crippen LogP contribution in [0.5, 0.6) is 5.75 Å². The normalized spacial score (nSPS) is 10.8. The van der Waals surface area contributed by atoms with E-state index in [1.807, 2.05) is 72.1 Å². The van der Waals surface area contributed by atoms with Gasteiger partial charge in [-0.25, -0.2) is 4.79 Å². The number of aromatic nitrogens is 2. The number of rotatable bonds is 6. The van der Waals surface area contributed by atoms with Crippen molar-refractivity contribution in [2.45, 2.75) is 13.2 Å². The Hall–Kier alpha value is -3.12. The number of ether oxygens (including phenoxy) is 1. The number of benzene rings is 2. The molecule has 2 aromatic carbocycles. The van der Waals surface area contributed by atoms with Crippen LogP contribution in [0.25, 0.3) is 10.8 Å². The lowest BCUT2D eigenvalue weighted by atomic mass is 10.2. The number of nitrogens with zero attached hydrogens (tertiary/aromatic N) is 2. The van der Waals surface area contributed by atoms with E-state index in [1.54, 1.807) is 0 Å². The third-order valence-electron chi connectivity index (χ3n) is 3.87. The van der Waals surface area contributed by atoms with E-state index in [9.17, 15) is 4.79 Å². The molecule has 130 valence electrons. The van der Waals surface area contributed by atoms with E-state index in [0.717, 1.165) is 21.8 Å². The molecule has 0 spiro atoms. The Bertz CT molecular complexity index is 1040. The molecule has 0 saturated heterocycles. The van der Waals surface area contributed by atoms with E-state index in [0.29, 0.717) is 19.0 Å². The Morgan fingerprint density at radius 1 is 1.00 bits per heavy atom. The molecule has 0 atom stereocenters. The topological polar surface area (TPSA) is 57.3 Å². The summed E-state index contributed by atoms with van der Waals surface area (Å²) in [5.74, 6) is 0.586. The fourth-order valence-corrected chi connectivity index (χ4v) is 3.22. The summed E-state index contributed by atoms with van der Waals surface area (Å²) in [6.07, 6.45) is 0. The molecule has 0 fully saturated rings. The Balaban J connectivity index is 1.55. The lowest BCUT2D eigenvalue weighted by Crippen LogP contribution is -2.17. The zero-order valence-electron chi connectivity index (χ0n) is 13.9. The van der Waals surface area contributed by atoms with Crippen LogP contribution in [0, 0.1) is 0 Å². The monoisotopic (exact) mass is 364 g/mol. The van der Waals surface area contributed by atoms with E-state index in [2.05, 4.69) is 5.10 Å². The molecule has 0 unspecified atom stereocenters. The van der Waals surface area contributed by atoms with Gasteiger partial charge in [0.25, 0.3) is 5.89 Å². The predicted octanol–water partition coefficient (Wildman–Crippen LogP) is 4.19. The molecule has 0 bridgehead atoms. The predicted molar refractivity (Wildman–Crippen MR) is 100 cm³/mol. The molecule has 0 amide bonds. The maximum absolute atomic E-state index is 12.1. The van der Waals surface area contributed by atoms with Gasteiger partial charge in [-0.3, -0.25) is 0 Å². The minimum absolute atomic E-state index is 0.290. The van der Waals surface area contributed by atoms with E-state index in [-0.39, 0.29) is 0 Å². The fraction of sp³-hybridized carbons (Fsp3) is 0.100. The highest BCUT2D eigenvalue weighted by Crippen LogP contribution is 2.23. The first kappa shape index (κ1) is 16.4. The Morgan fingerprint density at radius 3 is 2.62 bits per heavy atom. The van der Waals surface area contributed by atoms with Gasteiger partial charge in [-0.15, -0.1) is 16.4 Å². The van der Waals surface area contributed by atoms with Crippen LogP contribution in [0.15, 0.2) is 81.3 Å². The quantitative estimate of drug-likeness (QED) is 0.515. The molecule has 2 heterocycles. The number of hydrogen-bond donors (Lipinski definition) is 0. The van der Waals surface area contributed by atoms with Gasteiger partial charge in [0.2, 0.25) is 0 Å². The molecule has 4 aromatic rings. The van der Waals surface area contributed by atoms with Crippen molar-refractivity contribution in [1.29, 1.82) is 0 Å². The van der Waals surface area contributed by atoms with Crippen LogP contribution in [-0.4, -0.2) is 9.78 Å². The van der Waals surface area contributed by atoms with Gasteiger partial charge in [0.15, 0.2) is 0 Å². The van der Waals surface area contributed by atoms with Crippen LogP contribution < -0.4 is 10.5 Å². The third-order valence-corrected chi connectivity index (χ3v) is 4.73. The Morgan fingerprint density at radius 2 is 1.81 bits per heavy atom. The second kappa shape index (κ2) is 7.41. The van der Waals surface area contributed by atoms with E-state index < -0.39 is 5.76 Å². The summed E-state index contributed by atoms with van der Waals surface area (Å²) >= 11 is 1.48. The second-order valence-electron chi connectivity index (χ2n) is 5.69. The van der Waals surface area contributed by atoms with Crippen molar-refractivity contribution in [2.75, 3.05) is 0 Å². The van der Waals surface area contributed by atoms with Crippen LogP contribution in [0.3, 0.4) is 0 Å². The fourth-order valence-electron chi connectivity index (χ4n) is 2.58. The van der Waals surface area contributed by atoms with Crippen molar-refractivity contribution in [3.8, 4) is 16.5 Å². The number of para-hydroxylation sites is 1. The van der Waals surface area contributed by atoms with Gasteiger partial charge in [0.05, 0.1) is 11.4 Å². The molecule has 6 heteroatoms. The molecule has 4 rings (SSSR count). The Labute approximate surface area is 154 Å². The second-order valence-corrected chi connectivity index (χ2v) is 6.64. The zero-order chi connectivity index (χ0) is 17.8. The molecular formula is C20H16N2O3S. The molecule has 0 radical (unpaired) electrons. The summed E-state index contributed by atoms with van der Waals surface area (Å²) in [5, 5.41) is 6.22. The van der Waals surface area contributed by atoms with Crippen LogP contribution in [0.2, 0.25) is 0 Å². The van der Waals surface area contributed by atoms with Crippen molar-refractivity contribution >= 4 is 11.3 Å². The lowest BCUT2D eigenvalue weighted by molar-refractivity contribution is 0.301. The highest BCUT2D eigenvalue weighted by Gasteiger charge is 2.13. The minimum atomic E-state index is -0.480. The molecule has 5 nitrogen and oxygen atoms in total. The summed E-state index contributed by atoms with van der Waals surface area (Å²) in [6, 6.07) is 21.4. The summed E-state index contributed by atoms with van der Waals surface area (Å²) in [6.45, 7) is 0.755. The molecule has 26 heavy (non-hydrogen) atoms. The average Bonchev–Trinajstić information content (AvgIpc) is 3.32. The first-order valence-corrected chi connectivity index (χ1v) is 9.04. The van der Waals surface area contributed by atoms with Crippen LogP contribution >= 0.6 is 11.3 Å². The summed E-state index contributed by atoms with van der Waals surface area (Å²) in [4.78, 5) is 13.0. The van der Waals surface area contributed by atoms with Gasteiger partial charge in [-0.05, 0) is 23.1 Å².